The molecule has 3 saturated heterocycles. The Labute approximate surface area is 324 Å². The lowest BCUT2D eigenvalue weighted by molar-refractivity contribution is -0.297. The van der Waals surface area contributed by atoms with Crippen LogP contribution < -0.4 is 11.5 Å². The van der Waals surface area contributed by atoms with Gasteiger partial charge in [-0.15, -0.1) is 0 Å². The molecule has 3 heterocycles. The van der Waals surface area contributed by atoms with Crippen molar-refractivity contribution in [1.82, 2.24) is 0 Å². The molecule has 16 heteroatoms. The van der Waals surface area contributed by atoms with Crippen molar-refractivity contribution in [2.45, 2.75) is 178 Å². The SMILES string of the molecule is CC(C)=CCC/C(C)=C/CC/C(C)=C/C=NCC1OC(OC2C(CO)OC(OC3C(O)C(C)CC(N)C3OC3CCC(O)C(CO)O3)C2O)C(N)C(O)C1O. The number of allylic oxidation sites excluding steroid dienone is 6. The Morgan fingerprint density at radius 3 is 2.05 bits per heavy atom. The summed E-state index contributed by atoms with van der Waals surface area (Å²) >= 11 is 0. The molecule has 4 aliphatic rings. The third kappa shape index (κ3) is 12.6. The van der Waals surface area contributed by atoms with Gasteiger partial charge in [0.05, 0.1) is 38.0 Å². The van der Waals surface area contributed by atoms with Gasteiger partial charge in [-0.3, -0.25) is 4.99 Å². The molecule has 11 N–H and O–H groups in total. The number of hydrogen-bond acceptors (Lipinski definition) is 16. The van der Waals surface area contributed by atoms with Crippen molar-refractivity contribution in [3.63, 3.8) is 0 Å². The Hall–Kier alpha value is -1.71. The molecule has 0 bridgehead atoms. The molecule has 17 atom stereocenters. The fourth-order valence-corrected chi connectivity index (χ4v) is 7.42. The van der Waals surface area contributed by atoms with Gasteiger partial charge in [-0.1, -0.05) is 35.8 Å². The van der Waals surface area contributed by atoms with E-state index in [0.29, 0.717) is 19.3 Å². The van der Waals surface area contributed by atoms with Crippen LogP contribution in [-0.2, 0) is 28.4 Å². The van der Waals surface area contributed by atoms with Gasteiger partial charge in [-0.25, -0.2) is 0 Å². The van der Waals surface area contributed by atoms with E-state index in [1.54, 1.807) is 13.1 Å². The summed E-state index contributed by atoms with van der Waals surface area (Å²) in [5.74, 6) is -0.312. The highest BCUT2D eigenvalue weighted by atomic mass is 16.8. The van der Waals surface area contributed by atoms with Crippen molar-refractivity contribution < 1.29 is 64.2 Å². The maximum Gasteiger partial charge on any atom is 0.187 e. The molecule has 1 aliphatic carbocycles. The van der Waals surface area contributed by atoms with Gasteiger partial charge >= 0.3 is 0 Å². The Bertz CT molecular complexity index is 1300. The maximum atomic E-state index is 11.4. The predicted molar refractivity (Wildman–Crippen MR) is 203 cm³/mol. The minimum atomic E-state index is -1.53. The topological polar surface area (TPSA) is 261 Å². The summed E-state index contributed by atoms with van der Waals surface area (Å²) in [6.45, 7) is 9.14. The molecule has 0 aromatic rings. The highest BCUT2D eigenvalue weighted by molar-refractivity contribution is 5.72. The van der Waals surface area contributed by atoms with Crippen molar-refractivity contribution in [2.24, 2.45) is 22.4 Å². The van der Waals surface area contributed by atoms with E-state index in [0.717, 1.165) is 31.3 Å². The van der Waals surface area contributed by atoms with Crippen LogP contribution in [0.5, 0.6) is 0 Å². The number of hydrogen-bond donors (Lipinski definition) is 9. The second-order valence-corrected chi connectivity index (χ2v) is 15.9. The average molecular weight is 786 g/mol. The first-order chi connectivity index (χ1) is 26.1. The standard InChI is InChI=1S/C39H67N3O13/c1-20(2)8-6-9-21(3)10-7-11-22(4)14-15-42-17-26-32(47)33(48)30(41)38(51-26)54-36-28(19-44)52-39(34(36)49)55-37-31(46)23(5)16-24(40)35(37)53-29-13-12-25(45)27(18-43)50-29/h8,10,14-15,23-39,43-49H,6-7,9,11-13,16-19,40-41H2,1-5H3/b21-10+,22-14+,42-15?. The van der Waals surface area contributed by atoms with E-state index in [9.17, 15) is 35.7 Å². The number of aliphatic imine (C=N–C) groups is 1. The van der Waals surface area contributed by atoms with Crippen LogP contribution in [-0.4, -0.2) is 160 Å². The summed E-state index contributed by atoms with van der Waals surface area (Å²) in [6, 6.07) is -1.84. The van der Waals surface area contributed by atoms with E-state index >= 15 is 0 Å². The fourth-order valence-electron chi connectivity index (χ4n) is 7.42. The van der Waals surface area contributed by atoms with Gasteiger partial charge in [-0.2, -0.15) is 0 Å². The number of aliphatic hydroxyl groups is 7. The molecule has 0 radical (unpaired) electrons. The van der Waals surface area contributed by atoms with E-state index in [2.05, 4.69) is 37.9 Å². The van der Waals surface area contributed by atoms with Gasteiger partial charge in [0.1, 0.15) is 54.9 Å². The third-order valence-electron chi connectivity index (χ3n) is 10.9. The molecule has 1 saturated carbocycles. The minimum Gasteiger partial charge on any atom is -0.394 e. The number of ether oxygens (including phenoxy) is 6. The van der Waals surface area contributed by atoms with E-state index < -0.39 is 111 Å². The van der Waals surface area contributed by atoms with Gasteiger partial charge in [-0.05, 0) is 78.2 Å². The lowest BCUT2D eigenvalue weighted by Crippen LogP contribution is -2.63. The number of nitrogens with zero attached hydrogens (tertiary/aromatic N) is 1. The van der Waals surface area contributed by atoms with Crippen LogP contribution in [0, 0.1) is 5.92 Å². The number of nitrogens with two attached hydrogens (primary N) is 2. The second kappa shape index (κ2) is 21.9. The monoisotopic (exact) mass is 785 g/mol. The molecular weight excluding hydrogens is 718 g/mol. The molecule has 55 heavy (non-hydrogen) atoms. The Morgan fingerprint density at radius 2 is 1.36 bits per heavy atom. The maximum absolute atomic E-state index is 11.4. The summed E-state index contributed by atoms with van der Waals surface area (Å²) < 4.78 is 35.9. The van der Waals surface area contributed by atoms with Crippen molar-refractivity contribution in [3.05, 3.63) is 34.9 Å². The lowest BCUT2D eigenvalue weighted by Gasteiger charge is -2.45. The molecule has 4 fully saturated rings. The summed E-state index contributed by atoms with van der Waals surface area (Å²) in [5, 5.41) is 74.1. The highest BCUT2D eigenvalue weighted by Gasteiger charge is 2.53. The van der Waals surface area contributed by atoms with Crippen molar-refractivity contribution in [1.29, 1.82) is 0 Å². The first-order valence-electron chi connectivity index (χ1n) is 19.7. The first kappa shape index (κ1) is 46.0. The summed E-state index contributed by atoms with van der Waals surface area (Å²) in [4.78, 5) is 4.39. The zero-order valence-electron chi connectivity index (χ0n) is 32.9. The van der Waals surface area contributed by atoms with Gasteiger partial charge in [0.15, 0.2) is 18.9 Å². The van der Waals surface area contributed by atoms with Gasteiger partial charge in [0.2, 0.25) is 0 Å². The molecule has 0 aromatic heterocycles. The normalized spacial score (nSPS) is 41.9. The summed E-state index contributed by atoms with van der Waals surface area (Å²) in [7, 11) is 0. The molecule has 17 unspecified atom stereocenters. The zero-order chi connectivity index (χ0) is 40.4. The zero-order valence-corrected chi connectivity index (χ0v) is 32.9. The van der Waals surface area contributed by atoms with Crippen LogP contribution in [0.15, 0.2) is 39.9 Å². The molecule has 16 nitrogen and oxygen atoms in total. The number of aliphatic hydroxyl groups excluding tert-OH is 7. The third-order valence-corrected chi connectivity index (χ3v) is 10.9. The number of rotatable bonds is 17. The van der Waals surface area contributed by atoms with Gasteiger partial charge < -0.3 is 75.6 Å². The Balaban J connectivity index is 1.36. The van der Waals surface area contributed by atoms with Crippen LogP contribution in [0.2, 0.25) is 0 Å². The van der Waals surface area contributed by atoms with Crippen LogP contribution in [0.1, 0.15) is 79.6 Å². The van der Waals surface area contributed by atoms with E-state index in [1.165, 1.54) is 11.1 Å². The summed E-state index contributed by atoms with van der Waals surface area (Å²) in [5.41, 5.74) is 16.5. The van der Waals surface area contributed by atoms with Crippen LogP contribution >= 0.6 is 0 Å². The summed E-state index contributed by atoms with van der Waals surface area (Å²) in [6.07, 6.45) is -3.27. The van der Waals surface area contributed by atoms with Crippen molar-refractivity contribution >= 4 is 6.21 Å². The van der Waals surface area contributed by atoms with E-state index in [-0.39, 0.29) is 12.5 Å². The fraction of sp³-hybridized carbons (Fsp3) is 0.821. The van der Waals surface area contributed by atoms with Crippen LogP contribution in [0.25, 0.3) is 0 Å². The molecule has 4 rings (SSSR count). The predicted octanol–water partition coefficient (Wildman–Crippen LogP) is 0.0704. The highest BCUT2D eigenvalue weighted by Crippen LogP contribution is 2.36. The smallest absolute Gasteiger partial charge is 0.187 e. The van der Waals surface area contributed by atoms with Crippen LogP contribution in [0.4, 0.5) is 0 Å². The molecule has 0 spiro atoms. The molecule has 316 valence electrons. The van der Waals surface area contributed by atoms with E-state index in [1.807, 2.05) is 13.0 Å². The average Bonchev–Trinajstić information content (AvgIpc) is 3.44. The lowest BCUT2D eigenvalue weighted by atomic mass is 9.80. The first-order valence-corrected chi connectivity index (χ1v) is 19.7. The quantitative estimate of drug-likeness (QED) is 0.0698. The Morgan fingerprint density at radius 1 is 0.709 bits per heavy atom. The Kier molecular flexibility index (Phi) is 18.3. The molecule has 0 amide bonds. The van der Waals surface area contributed by atoms with E-state index in [4.69, 9.17) is 39.9 Å². The van der Waals surface area contributed by atoms with Crippen molar-refractivity contribution in [2.75, 3.05) is 19.8 Å². The van der Waals surface area contributed by atoms with Gasteiger partial charge in [0, 0.05) is 18.7 Å². The van der Waals surface area contributed by atoms with Gasteiger partial charge in [0.25, 0.3) is 0 Å². The molecule has 3 aliphatic heterocycles. The second-order valence-electron chi connectivity index (χ2n) is 15.9. The van der Waals surface area contributed by atoms with Crippen molar-refractivity contribution in [3.8, 4) is 0 Å². The minimum absolute atomic E-state index is 0.0149. The molecular formula is C39H67N3O13. The molecule has 0 aromatic carbocycles. The largest absolute Gasteiger partial charge is 0.394 e. The van der Waals surface area contributed by atoms with Crippen LogP contribution in [0.3, 0.4) is 0 Å².